The van der Waals surface area contributed by atoms with Gasteiger partial charge < -0.3 is 10.2 Å². The normalized spacial score (nSPS) is 17.1. The maximum absolute atomic E-state index is 12.0. The Bertz CT molecular complexity index is 536. The summed E-state index contributed by atoms with van der Waals surface area (Å²) in [6, 6.07) is 3.38. The summed E-state index contributed by atoms with van der Waals surface area (Å²) in [7, 11) is -1.83. The zero-order chi connectivity index (χ0) is 14.6. The molecule has 6 nitrogen and oxygen atoms in total. The molecule has 0 aliphatic carbocycles. The molecule has 0 atom stereocenters. The second-order valence-electron chi connectivity index (χ2n) is 4.74. The minimum Gasteiger partial charge on any atom is -0.342 e. The van der Waals surface area contributed by atoms with Crippen molar-refractivity contribution in [1.29, 1.82) is 0 Å². The monoisotopic (exact) mass is 317 g/mol. The third-order valence-electron chi connectivity index (χ3n) is 3.42. The van der Waals surface area contributed by atoms with Crippen molar-refractivity contribution in [2.75, 3.05) is 26.7 Å². The lowest BCUT2D eigenvalue weighted by atomic mass is 10.1. The first-order chi connectivity index (χ1) is 9.50. The topological polar surface area (TPSA) is 78.5 Å². The average Bonchev–Trinajstić information content (AvgIpc) is 3.00. The van der Waals surface area contributed by atoms with Gasteiger partial charge in [-0.05, 0) is 37.4 Å². The van der Waals surface area contributed by atoms with Crippen molar-refractivity contribution in [3.63, 3.8) is 0 Å². The van der Waals surface area contributed by atoms with Gasteiger partial charge in [0.05, 0.1) is 6.54 Å². The highest BCUT2D eigenvalue weighted by Crippen LogP contribution is 2.15. The molecule has 1 aromatic heterocycles. The van der Waals surface area contributed by atoms with Crippen molar-refractivity contribution in [3.8, 4) is 0 Å². The molecule has 1 fully saturated rings. The number of nitrogens with one attached hydrogen (secondary N) is 2. The maximum Gasteiger partial charge on any atom is 0.250 e. The zero-order valence-electron chi connectivity index (χ0n) is 11.3. The van der Waals surface area contributed by atoms with E-state index in [4.69, 9.17) is 0 Å². The van der Waals surface area contributed by atoms with Crippen LogP contribution in [0, 0.1) is 0 Å². The van der Waals surface area contributed by atoms with E-state index in [1.807, 2.05) is 0 Å². The Morgan fingerprint density at radius 3 is 2.80 bits per heavy atom. The highest BCUT2D eigenvalue weighted by atomic mass is 32.2. The Hall–Kier alpha value is -0.960. The van der Waals surface area contributed by atoms with Gasteiger partial charge in [0, 0.05) is 13.1 Å². The van der Waals surface area contributed by atoms with E-state index in [2.05, 4.69) is 10.0 Å². The molecule has 0 radical (unpaired) electrons. The van der Waals surface area contributed by atoms with Gasteiger partial charge in [0.1, 0.15) is 4.21 Å². The van der Waals surface area contributed by atoms with Crippen molar-refractivity contribution in [1.82, 2.24) is 14.9 Å². The summed E-state index contributed by atoms with van der Waals surface area (Å²) in [5.41, 5.74) is 0. The molecule has 0 bridgehead atoms. The van der Waals surface area contributed by atoms with E-state index in [0.29, 0.717) is 0 Å². The third-order valence-corrected chi connectivity index (χ3v) is 6.22. The molecular formula is C12H19N3O3S2. The molecule has 0 spiro atoms. The van der Waals surface area contributed by atoms with Crippen LogP contribution in [0.15, 0.2) is 21.7 Å². The maximum atomic E-state index is 12.0. The van der Waals surface area contributed by atoms with Gasteiger partial charge in [-0.25, -0.2) is 13.1 Å². The van der Waals surface area contributed by atoms with Crippen molar-refractivity contribution >= 4 is 27.3 Å². The van der Waals surface area contributed by atoms with Crippen LogP contribution >= 0.6 is 11.3 Å². The number of carbonyl (C=O) groups is 1. The molecule has 112 valence electrons. The fraction of sp³-hybridized carbons (Fsp3) is 0.583. The molecule has 0 saturated carbocycles. The second kappa shape index (κ2) is 6.66. The van der Waals surface area contributed by atoms with Crippen LogP contribution in [0.4, 0.5) is 0 Å². The second-order valence-corrected chi connectivity index (χ2v) is 7.68. The lowest BCUT2D eigenvalue weighted by molar-refractivity contribution is -0.131. The van der Waals surface area contributed by atoms with E-state index < -0.39 is 10.0 Å². The van der Waals surface area contributed by atoms with Gasteiger partial charge in [-0.2, -0.15) is 0 Å². The number of carbonyl (C=O) groups excluding carboxylic acids is 1. The van der Waals surface area contributed by atoms with Crippen molar-refractivity contribution in [3.05, 3.63) is 17.5 Å². The van der Waals surface area contributed by atoms with Gasteiger partial charge >= 0.3 is 0 Å². The number of piperidine rings is 1. The van der Waals surface area contributed by atoms with Crippen LogP contribution in [-0.4, -0.2) is 51.9 Å². The number of nitrogens with zero attached hydrogens (tertiary/aromatic N) is 1. The summed E-state index contributed by atoms with van der Waals surface area (Å²) >= 11 is 1.13. The number of hydrogen-bond acceptors (Lipinski definition) is 5. The Morgan fingerprint density at radius 1 is 1.50 bits per heavy atom. The van der Waals surface area contributed by atoms with Crippen molar-refractivity contribution < 1.29 is 13.2 Å². The Labute approximate surface area is 123 Å². The van der Waals surface area contributed by atoms with E-state index >= 15 is 0 Å². The standard InChI is InChI=1S/C12H19N3O3S2/c1-15(10-4-6-13-7-5-10)11(16)9-14-20(17,18)12-3-2-8-19-12/h2-3,8,10,13-14H,4-7,9H2,1H3. The van der Waals surface area contributed by atoms with Gasteiger partial charge in [-0.1, -0.05) is 6.07 Å². The Kier molecular flexibility index (Phi) is 5.14. The first kappa shape index (κ1) is 15.4. The van der Waals surface area contributed by atoms with Crippen LogP contribution in [0.25, 0.3) is 0 Å². The quantitative estimate of drug-likeness (QED) is 0.815. The molecule has 1 aliphatic rings. The van der Waals surface area contributed by atoms with E-state index in [0.717, 1.165) is 37.3 Å². The largest absolute Gasteiger partial charge is 0.342 e. The lowest BCUT2D eigenvalue weighted by Gasteiger charge is -2.31. The molecule has 0 aromatic carbocycles. The van der Waals surface area contributed by atoms with Crippen LogP contribution in [-0.2, 0) is 14.8 Å². The molecule has 1 aliphatic heterocycles. The van der Waals surface area contributed by atoms with Gasteiger partial charge in [0.25, 0.3) is 10.0 Å². The van der Waals surface area contributed by atoms with E-state index in [-0.39, 0.29) is 22.7 Å². The fourth-order valence-electron chi connectivity index (χ4n) is 2.17. The zero-order valence-corrected chi connectivity index (χ0v) is 13.0. The van der Waals surface area contributed by atoms with Crippen LogP contribution in [0.5, 0.6) is 0 Å². The van der Waals surface area contributed by atoms with Gasteiger partial charge in [-0.15, -0.1) is 11.3 Å². The molecule has 20 heavy (non-hydrogen) atoms. The summed E-state index contributed by atoms with van der Waals surface area (Å²) in [5.74, 6) is -0.197. The number of sulfonamides is 1. The Balaban J connectivity index is 1.88. The first-order valence-electron chi connectivity index (χ1n) is 6.50. The molecular weight excluding hydrogens is 298 g/mol. The summed E-state index contributed by atoms with van der Waals surface area (Å²) in [6.45, 7) is 1.59. The van der Waals surface area contributed by atoms with Crippen LogP contribution in [0.3, 0.4) is 0 Å². The average molecular weight is 317 g/mol. The predicted molar refractivity (Wildman–Crippen MR) is 78.2 cm³/mol. The first-order valence-corrected chi connectivity index (χ1v) is 8.86. The van der Waals surface area contributed by atoms with Gasteiger partial charge in [0.15, 0.2) is 0 Å². The lowest BCUT2D eigenvalue weighted by Crippen LogP contribution is -2.47. The highest BCUT2D eigenvalue weighted by Gasteiger charge is 2.23. The molecule has 8 heteroatoms. The van der Waals surface area contributed by atoms with Crippen LogP contribution in [0.2, 0.25) is 0 Å². The Morgan fingerprint density at radius 2 is 2.20 bits per heavy atom. The minimum atomic E-state index is -3.57. The highest BCUT2D eigenvalue weighted by molar-refractivity contribution is 7.91. The summed E-state index contributed by atoms with van der Waals surface area (Å²) < 4.78 is 26.4. The molecule has 2 rings (SSSR count). The summed E-state index contributed by atoms with van der Waals surface area (Å²) in [5, 5.41) is 4.93. The van der Waals surface area contributed by atoms with Crippen LogP contribution < -0.4 is 10.0 Å². The number of likely N-dealkylation sites (N-methyl/N-ethyl adjacent to an activating group) is 1. The smallest absolute Gasteiger partial charge is 0.250 e. The molecule has 1 saturated heterocycles. The summed E-state index contributed by atoms with van der Waals surface area (Å²) in [4.78, 5) is 13.7. The molecule has 1 aromatic rings. The fourth-order valence-corrected chi connectivity index (χ4v) is 4.18. The summed E-state index contributed by atoms with van der Waals surface area (Å²) in [6.07, 6.45) is 1.81. The molecule has 0 unspecified atom stereocenters. The van der Waals surface area contributed by atoms with E-state index in [1.165, 1.54) is 6.07 Å². The third kappa shape index (κ3) is 3.78. The van der Waals surface area contributed by atoms with Crippen LogP contribution in [0.1, 0.15) is 12.8 Å². The minimum absolute atomic E-state index is 0.190. The number of amides is 1. The van der Waals surface area contributed by atoms with Crippen molar-refractivity contribution in [2.24, 2.45) is 0 Å². The van der Waals surface area contributed by atoms with Crippen molar-refractivity contribution in [2.45, 2.75) is 23.1 Å². The van der Waals surface area contributed by atoms with Gasteiger partial charge in [-0.3, -0.25) is 4.79 Å². The van der Waals surface area contributed by atoms with E-state index in [9.17, 15) is 13.2 Å². The molecule has 1 amide bonds. The number of hydrogen-bond donors (Lipinski definition) is 2. The van der Waals surface area contributed by atoms with Gasteiger partial charge in [0.2, 0.25) is 5.91 Å². The van der Waals surface area contributed by atoms with E-state index in [1.54, 1.807) is 23.4 Å². The SMILES string of the molecule is CN(C(=O)CNS(=O)(=O)c1cccs1)C1CCNCC1. The number of rotatable bonds is 5. The molecule has 2 N–H and O–H groups in total. The molecule has 2 heterocycles. The number of thiophene rings is 1. The predicted octanol–water partition coefficient (Wildman–Crippen LogP) is 0.237.